The highest BCUT2D eigenvalue weighted by Gasteiger charge is 2.12. The van der Waals surface area contributed by atoms with E-state index in [1.807, 2.05) is 19.9 Å². The van der Waals surface area contributed by atoms with E-state index in [1.165, 1.54) is 12.1 Å². The second kappa shape index (κ2) is 7.02. The number of amides is 2. The highest BCUT2D eigenvalue weighted by atomic mass is 19.1. The zero-order valence-electron chi connectivity index (χ0n) is 12.9. The van der Waals surface area contributed by atoms with E-state index in [9.17, 15) is 14.0 Å². The summed E-state index contributed by atoms with van der Waals surface area (Å²) in [6.45, 7) is 3.63. The minimum Gasteiger partial charge on any atom is -0.323 e. The lowest BCUT2D eigenvalue weighted by atomic mass is 10.1. The van der Waals surface area contributed by atoms with Crippen LogP contribution in [0.15, 0.2) is 36.4 Å². The molecule has 0 saturated heterocycles. The van der Waals surface area contributed by atoms with Crippen LogP contribution in [0.1, 0.15) is 21.5 Å². The molecule has 0 aromatic heterocycles. The number of nitrogens with one attached hydrogen (secondary N) is 2. The van der Waals surface area contributed by atoms with E-state index in [4.69, 9.17) is 5.73 Å². The maximum Gasteiger partial charge on any atom is 0.255 e. The summed E-state index contributed by atoms with van der Waals surface area (Å²) in [4.78, 5) is 23.7. The average molecular weight is 315 g/mol. The SMILES string of the molecule is Cc1ccc(C(=O)Nc2ccc(F)cc2NC(=O)CN)cc1C. The molecule has 0 fully saturated rings. The number of carbonyl (C=O) groups excluding carboxylic acids is 2. The first-order valence-corrected chi connectivity index (χ1v) is 7.09. The molecular weight excluding hydrogens is 297 g/mol. The Kier molecular flexibility index (Phi) is 5.08. The fourth-order valence-electron chi connectivity index (χ4n) is 2.01. The van der Waals surface area contributed by atoms with Crippen LogP contribution in [0.3, 0.4) is 0 Å². The van der Waals surface area contributed by atoms with Gasteiger partial charge >= 0.3 is 0 Å². The second-order valence-corrected chi connectivity index (χ2v) is 5.20. The highest BCUT2D eigenvalue weighted by molar-refractivity contribution is 6.07. The van der Waals surface area contributed by atoms with Crippen molar-refractivity contribution in [2.24, 2.45) is 5.73 Å². The minimum atomic E-state index is -0.526. The Balaban J connectivity index is 2.26. The molecule has 0 atom stereocenters. The first-order chi connectivity index (χ1) is 10.9. The van der Waals surface area contributed by atoms with Gasteiger partial charge in [0.25, 0.3) is 5.91 Å². The number of rotatable bonds is 4. The van der Waals surface area contributed by atoms with Gasteiger partial charge in [-0.3, -0.25) is 9.59 Å². The second-order valence-electron chi connectivity index (χ2n) is 5.20. The van der Waals surface area contributed by atoms with E-state index in [0.29, 0.717) is 11.3 Å². The van der Waals surface area contributed by atoms with E-state index in [1.54, 1.807) is 12.1 Å². The van der Waals surface area contributed by atoms with Crippen LogP contribution in [0, 0.1) is 19.7 Å². The van der Waals surface area contributed by atoms with Gasteiger partial charge in [0.05, 0.1) is 17.9 Å². The standard InChI is InChI=1S/C17H18FN3O2/c1-10-3-4-12(7-11(10)2)17(23)21-14-6-5-13(18)8-15(14)20-16(22)9-19/h3-8H,9,19H2,1-2H3,(H,20,22)(H,21,23). The number of hydrogen-bond acceptors (Lipinski definition) is 3. The topological polar surface area (TPSA) is 84.2 Å². The fraction of sp³-hybridized carbons (Fsp3) is 0.176. The molecule has 0 radical (unpaired) electrons. The first kappa shape index (κ1) is 16.6. The number of anilines is 2. The molecule has 5 nitrogen and oxygen atoms in total. The van der Waals surface area contributed by atoms with Crippen LogP contribution >= 0.6 is 0 Å². The molecule has 0 aliphatic rings. The van der Waals surface area contributed by atoms with Crippen molar-refractivity contribution in [2.75, 3.05) is 17.2 Å². The molecule has 0 heterocycles. The van der Waals surface area contributed by atoms with Crippen LogP contribution in [0.5, 0.6) is 0 Å². The van der Waals surface area contributed by atoms with E-state index < -0.39 is 11.7 Å². The molecule has 23 heavy (non-hydrogen) atoms. The van der Waals surface area contributed by atoms with Crippen LogP contribution in [-0.4, -0.2) is 18.4 Å². The molecule has 2 rings (SSSR count). The lowest BCUT2D eigenvalue weighted by Crippen LogP contribution is -2.23. The van der Waals surface area contributed by atoms with E-state index >= 15 is 0 Å². The van der Waals surface area contributed by atoms with Gasteiger partial charge in [0, 0.05) is 5.56 Å². The molecule has 4 N–H and O–H groups in total. The molecule has 2 aromatic rings. The summed E-state index contributed by atoms with van der Waals surface area (Å²) in [5, 5.41) is 5.13. The van der Waals surface area contributed by atoms with Crippen LogP contribution in [-0.2, 0) is 4.79 Å². The van der Waals surface area contributed by atoms with E-state index in [0.717, 1.165) is 17.2 Å². The van der Waals surface area contributed by atoms with Gasteiger partial charge in [-0.1, -0.05) is 6.07 Å². The average Bonchev–Trinajstić information content (AvgIpc) is 2.52. The Bertz CT molecular complexity index is 759. The zero-order valence-corrected chi connectivity index (χ0v) is 12.9. The van der Waals surface area contributed by atoms with Crippen molar-refractivity contribution in [3.8, 4) is 0 Å². The maximum absolute atomic E-state index is 13.4. The normalized spacial score (nSPS) is 10.3. The molecule has 0 saturated carbocycles. The molecule has 0 aliphatic heterocycles. The van der Waals surface area contributed by atoms with Crippen molar-refractivity contribution < 1.29 is 14.0 Å². The Morgan fingerprint density at radius 2 is 1.74 bits per heavy atom. The van der Waals surface area contributed by atoms with Gasteiger partial charge in [0.15, 0.2) is 0 Å². The Hall–Kier alpha value is -2.73. The van der Waals surface area contributed by atoms with Gasteiger partial charge in [0.2, 0.25) is 5.91 Å². The molecule has 0 bridgehead atoms. The van der Waals surface area contributed by atoms with Gasteiger partial charge in [-0.15, -0.1) is 0 Å². The van der Waals surface area contributed by atoms with Crippen molar-refractivity contribution in [1.29, 1.82) is 0 Å². The summed E-state index contributed by atoms with van der Waals surface area (Å²) in [5.41, 5.74) is 8.26. The summed E-state index contributed by atoms with van der Waals surface area (Å²) in [7, 11) is 0. The van der Waals surface area contributed by atoms with Gasteiger partial charge in [-0.25, -0.2) is 4.39 Å². The maximum atomic E-state index is 13.4. The van der Waals surface area contributed by atoms with Crippen molar-refractivity contribution in [2.45, 2.75) is 13.8 Å². The number of halogens is 1. The summed E-state index contributed by atoms with van der Waals surface area (Å²) in [6.07, 6.45) is 0. The van der Waals surface area contributed by atoms with E-state index in [-0.39, 0.29) is 18.1 Å². The van der Waals surface area contributed by atoms with Crippen LogP contribution in [0.4, 0.5) is 15.8 Å². The molecule has 120 valence electrons. The molecule has 0 spiro atoms. The van der Waals surface area contributed by atoms with Crippen molar-refractivity contribution in [3.63, 3.8) is 0 Å². The molecule has 0 aliphatic carbocycles. The Labute approximate surface area is 133 Å². The summed E-state index contributed by atoms with van der Waals surface area (Å²) in [5.74, 6) is -1.35. The van der Waals surface area contributed by atoms with Crippen LogP contribution in [0.25, 0.3) is 0 Å². The molecule has 6 heteroatoms. The number of carbonyl (C=O) groups is 2. The number of aryl methyl sites for hydroxylation is 2. The molecule has 2 amide bonds. The van der Waals surface area contributed by atoms with Gasteiger partial charge in [-0.05, 0) is 55.3 Å². The smallest absolute Gasteiger partial charge is 0.255 e. The van der Waals surface area contributed by atoms with E-state index in [2.05, 4.69) is 10.6 Å². The third kappa shape index (κ3) is 4.14. The summed E-state index contributed by atoms with van der Waals surface area (Å²) >= 11 is 0. The Morgan fingerprint density at radius 1 is 1.00 bits per heavy atom. The van der Waals surface area contributed by atoms with Gasteiger partial charge in [0.1, 0.15) is 5.82 Å². The van der Waals surface area contributed by atoms with Crippen LogP contribution < -0.4 is 16.4 Å². The van der Waals surface area contributed by atoms with Crippen molar-refractivity contribution in [3.05, 3.63) is 58.9 Å². The summed E-state index contributed by atoms with van der Waals surface area (Å²) in [6, 6.07) is 9.05. The quantitative estimate of drug-likeness (QED) is 0.811. The van der Waals surface area contributed by atoms with Gasteiger partial charge < -0.3 is 16.4 Å². The van der Waals surface area contributed by atoms with Crippen LogP contribution in [0.2, 0.25) is 0 Å². The molecule has 2 aromatic carbocycles. The van der Waals surface area contributed by atoms with Gasteiger partial charge in [-0.2, -0.15) is 0 Å². The lowest BCUT2D eigenvalue weighted by Gasteiger charge is -2.12. The number of benzene rings is 2. The monoisotopic (exact) mass is 315 g/mol. The highest BCUT2D eigenvalue weighted by Crippen LogP contribution is 2.23. The number of hydrogen-bond donors (Lipinski definition) is 3. The zero-order chi connectivity index (χ0) is 17.0. The predicted molar refractivity (Wildman–Crippen MR) is 88.0 cm³/mol. The third-order valence-electron chi connectivity index (χ3n) is 3.46. The molecule has 0 unspecified atom stereocenters. The van der Waals surface area contributed by atoms with Crippen molar-refractivity contribution in [1.82, 2.24) is 0 Å². The largest absolute Gasteiger partial charge is 0.323 e. The fourth-order valence-corrected chi connectivity index (χ4v) is 2.01. The molecular formula is C17H18FN3O2. The third-order valence-corrected chi connectivity index (χ3v) is 3.46. The minimum absolute atomic E-state index is 0.164. The summed E-state index contributed by atoms with van der Waals surface area (Å²) < 4.78 is 13.4. The Morgan fingerprint density at radius 3 is 2.39 bits per heavy atom. The lowest BCUT2D eigenvalue weighted by molar-refractivity contribution is -0.114. The number of nitrogens with two attached hydrogens (primary N) is 1. The first-order valence-electron chi connectivity index (χ1n) is 7.09. The van der Waals surface area contributed by atoms with Crippen molar-refractivity contribution >= 4 is 23.2 Å². The predicted octanol–water partition coefficient (Wildman–Crippen LogP) is 2.59.